The van der Waals surface area contributed by atoms with Gasteiger partial charge in [-0.3, -0.25) is 0 Å². The first-order valence-electron chi connectivity index (χ1n) is 7.42. The van der Waals surface area contributed by atoms with Crippen molar-refractivity contribution in [1.29, 1.82) is 0 Å². The van der Waals surface area contributed by atoms with Gasteiger partial charge in [0.1, 0.15) is 5.75 Å². The number of anilines is 1. The fourth-order valence-electron chi connectivity index (χ4n) is 2.86. The average Bonchev–Trinajstić information content (AvgIpc) is 2.63. The Morgan fingerprint density at radius 2 is 1.90 bits per heavy atom. The van der Waals surface area contributed by atoms with E-state index in [9.17, 15) is 13.2 Å². The highest BCUT2D eigenvalue weighted by molar-refractivity contribution is 5.56. The number of nitrogens with one attached hydrogen (secondary N) is 1. The second-order valence-corrected chi connectivity index (χ2v) is 5.86. The molecule has 21 heavy (non-hydrogen) atoms. The van der Waals surface area contributed by atoms with Gasteiger partial charge in [0.2, 0.25) is 0 Å². The summed E-state index contributed by atoms with van der Waals surface area (Å²) in [7, 11) is 1.37. The highest BCUT2D eigenvalue weighted by Gasteiger charge is 2.34. The highest BCUT2D eigenvalue weighted by Crippen LogP contribution is 2.38. The van der Waals surface area contributed by atoms with Crippen molar-refractivity contribution in [2.45, 2.75) is 51.2 Å². The Balaban J connectivity index is 2.18. The van der Waals surface area contributed by atoms with Gasteiger partial charge in [-0.2, -0.15) is 13.2 Å². The van der Waals surface area contributed by atoms with Gasteiger partial charge >= 0.3 is 6.18 Å². The summed E-state index contributed by atoms with van der Waals surface area (Å²) in [4.78, 5) is 0. The number of alkyl halides is 3. The van der Waals surface area contributed by atoms with Crippen molar-refractivity contribution in [3.63, 3.8) is 0 Å². The number of benzene rings is 1. The van der Waals surface area contributed by atoms with Crippen LogP contribution in [-0.2, 0) is 6.18 Å². The van der Waals surface area contributed by atoms with E-state index < -0.39 is 11.7 Å². The Morgan fingerprint density at radius 1 is 1.14 bits per heavy atom. The molecule has 2 atom stereocenters. The molecule has 1 aliphatic carbocycles. The highest BCUT2D eigenvalue weighted by atomic mass is 19.4. The Morgan fingerprint density at radius 3 is 2.57 bits per heavy atom. The first-order valence-corrected chi connectivity index (χ1v) is 7.42. The zero-order chi connectivity index (χ0) is 15.5. The van der Waals surface area contributed by atoms with Crippen LogP contribution in [0.25, 0.3) is 0 Å². The smallest absolute Gasteiger partial charge is 0.418 e. The predicted molar refractivity (Wildman–Crippen MR) is 77.7 cm³/mol. The van der Waals surface area contributed by atoms with E-state index in [1.165, 1.54) is 13.2 Å². The largest absolute Gasteiger partial charge is 0.497 e. The van der Waals surface area contributed by atoms with E-state index in [4.69, 9.17) is 4.74 Å². The van der Waals surface area contributed by atoms with Crippen LogP contribution in [0.1, 0.15) is 44.6 Å². The van der Waals surface area contributed by atoms with Crippen LogP contribution in [0.5, 0.6) is 5.75 Å². The molecular formula is C16H22F3NO. The normalized spacial score (nSPS) is 23.5. The maximum absolute atomic E-state index is 13.2. The quantitative estimate of drug-likeness (QED) is 0.785. The van der Waals surface area contributed by atoms with Crippen LogP contribution in [0, 0.1) is 5.92 Å². The molecule has 0 aliphatic heterocycles. The molecule has 1 aromatic carbocycles. The monoisotopic (exact) mass is 301 g/mol. The summed E-state index contributed by atoms with van der Waals surface area (Å²) >= 11 is 0. The average molecular weight is 301 g/mol. The molecule has 5 heteroatoms. The Labute approximate surface area is 123 Å². The van der Waals surface area contributed by atoms with Gasteiger partial charge in [0.25, 0.3) is 0 Å². The van der Waals surface area contributed by atoms with E-state index in [1.54, 1.807) is 6.07 Å². The lowest BCUT2D eigenvalue weighted by atomic mass is 10.0. The number of rotatable bonds is 3. The van der Waals surface area contributed by atoms with E-state index in [1.807, 2.05) is 0 Å². The molecule has 0 amide bonds. The molecule has 0 bridgehead atoms. The number of hydrogen-bond acceptors (Lipinski definition) is 2. The molecule has 1 aliphatic rings. The minimum Gasteiger partial charge on any atom is -0.497 e. The van der Waals surface area contributed by atoms with E-state index in [-0.39, 0.29) is 17.5 Å². The summed E-state index contributed by atoms with van der Waals surface area (Å²) in [6.07, 6.45) is 0.755. The maximum atomic E-state index is 13.2. The van der Waals surface area contributed by atoms with Gasteiger partial charge in [-0.25, -0.2) is 0 Å². The van der Waals surface area contributed by atoms with Gasteiger partial charge in [-0.1, -0.05) is 19.8 Å². The molecule has 0 saturated heterocycles. The van der Waals surface area contributed by atoms with Gasteiger partial charge in [0, 0.05) is 11.7 Å². The summed E-state index contributed by atoms with van der Waals surface area (Å²) in [6.45, 7) is 2.21. The van der Waals surface area contributed by atoms with Crippen LogP contribution in [0.15, 0.2) is 18.2 Å². The second kappa shape index (κ2) is 6.58. The molecule has 1 saturated carbocycles. The minimum absolute atomic E-state index is 0.115. The third-order valence-corrected chi connectivity index (χ3v) is 4.15. The lowest BCUT2D eigenvalue weighted by Gasteiger charge is -2.21. The fourth-order valence-corrected chi connectivity index (χ4v) is 2.86. The number of methoxy groups -OCH3 is 1. The van der Waals surface area contributed by atoms with Crippen molar-refractivity contribution in [3.8, 4) is 5.75 Å². The molecule has 1 fully saturated rings. The summed E-state index contributed by atoms with van der Waals surface area (Å²) in [5.74, 6) is 0.886. The predicted octanol–water partition coefficient (Wildman–Crippen LogP) is 5.09. The van der Waals surface area contributed by atoms with Crippen LogP contribution >= 0.6 is 0 Å². The van der Waals surface area contributed by atoms with Gasteiger partial charge in [0.05, 0.1) is 12.7 Å². The third-order valence-electron chi connectivity index (χ3n) is 4.15. The van der Waals surface area contributed by atoms with Crippen molar-refractivity contribution >= 4 is 5.69 Å². The zero-order valence-electron chi connectivity index (χ0n) is 12.5. The molecule has 0 heterocycles. The summed E-state index contributed by atoms with van der Waals surface area (Å²) in [5, 5.41) is 3.09. The van der Waals surface area contributed by atoms with E-state index >= 15 is 0 Å². The van der Waals surface area contributed by atoms with Crippen LogP contribution < -0.4 is 10.1 Å². The standard InChI is InChI=1S/C16H22F3NO/c1-11-4-3-5-12(7-6-11)20-15-9-8-13(21-2)10-14(15)16(17,18)19/h8-12,20H,3-7H2,1-2H3. The van der Waals surface area contributed by atoms with E-state index in [2.05, 4.69) is 12.2 Å². The Bertz CT molecular complexity index is 473. The van der Waals surface area contributed by atoms with Crippen LogP contribution in [-0.4, -0.2) is 13.2 Å². The van der Waals surface area contributed by atoms with Gasteiger partial charge in [-0.05, 0) is 43.4 Å². The first kappa shape index (κ1) is 16.0. The van der Waals surface area contributed by atoms with Gasteiger partial charge in [0.15, 0.2) is 0 Å². The van der Waals surface area contributed by atoms with E-state index in [0.717, 1.165) is 38.2 Å². The Hall–Kier alpha value is -1.39. The number of halogens is 3. The molecule has 0 radical (unpaired) electrons. The van der Waals surface area contributed by atoms with Crippen molar-refractivity contribution in [2.75, 3.05) is 12.4 Å². The first-order chi connectivity index (χ1) is 9.90. The number of ether oxygens (including phenoxy) is 1. The lowest BCUT2D eigenvalue weighted by Crippen LogP contribution is -2.21. The molecule has 1 aromatic rings. The van der Waals surface area contributed by atoms with Crippen molar-refractivity contribution < 1.29 is 17.9 Å². The lowest BCUT2D eigenvalue weighted by molar-refractivity contribution is -0.137. The number of hydrogen-bond donors (Lipinski definition) is 1. The van der Waals surface area contributed by atoms with Crippen LogP contribution in [0.4, 0.5) is 18.9 Å². The van der Waals surface area contributed by atoms with E-state index in [0.29, 0.717) is 5.92 Å². The molecule has 2 unspecified atom stereocenters. The fraction of sp³-hybridized carbons (Fsp3) is 0.625. The third kappa shape index (κ3) is 4.29. The van der Waals surface area contributed by atoms with Crippen molar-refractivity contribution in [1.82, 2.24) is 0 Å². The maximum Gasteiger partial charge on any atom is 0.418 e. The van der Waals surface area contributed by atoms with Gasteiger partial charge < -0.3 is 10.1 Å². The molecule has 0 spiro atoms. The summed E-state index contributed by atoms with van der Waals surface area (Å²) in [5.41, 5.74) is -0.498. The molecule has 118 valence electrons. The second-order valence-electron chi connectivity index (χ2n) is 5.86. The van der Waals surface area contributed by atoms with Crippen molar-refractivity contribution in [2.24, 2.45) is 5.92 Å². The van der Waals surface area contributed by atoms with Gasteiger partial charge in [-0.15, -0.1) is 0 Å². The summed E-state index contributed by atoms with van der Waals surface area (Å²) in [6, 6.07) is 4.21. The minimum atomic E-state index is -4.38. The summed E-state index contributed by atoms with van der Waals surface area (Å²) < 4.78 is 44.4. The van der Waals surface area contributed by atoms with Crippen LogP contribution in [0.3, 0.4) is 0 Å². The molecular weight excluding hydrogens is 279 g/mol. The van der Waals surface area contributed by atoms with Crippen LogP contribution in [0.2, 0.25) is 0 Å². The Kier molecular flexibility index (Phi) is 5.01. The zero-order valence-corrected chi connectivity index (χ0v) is 12.5. The topological polar surface area (TPSA) is 21.3 Å². The molecule has 1 N–H and O–H groups in total. The molecule has 2 nitrogen and oxygen atoms in total. The molecule has 2 rings (SSSR count). The van der Waals surface area contributed by atoms with Crippen molar-refractivity contribution in [3.05, 3.63) is 23.8 Å². The molecule has 0 aromatic heterocycles. The SMILES string of the molecule is COc1ccc(NC2CCCC(C)CC2)c(C(F)(F)F)c1.